The average molecular weight is 707 g/mol. The van der Waals surface area contributed by atoms with Gasteiger partial charge in [0.2, 0.25) is 0 Å². The van der Waals surface area contributed by atoms with Crippen molar-refractivity contribution >= 4 is 56.1 Å². The molecule has 0 aliphatic heterocycles. The molecule has 0 aliphatic rings. The Morgan fingerprint density at radius 1 is 0.562 bits per heavy atom. The topological polar surface area (TPSA) is 116 Å². The quantitative estimate of drug-likeness (QED) is 0.129. The van der Waals surface area contributed by atoms with Crippen molar-refractivity contribution < 1.29 is 26.3 Å². The zero-order valence-corrected chi connectivity index (χ0v) is 25.7. The molecule has 0 bridgehead atoms. The third-order valence-electron chi connectivity index (χ3n) is 6.99. The lowest BCUT2D eigenvalue weighted by molar-refractivity contribution is -0.138. The van der Waals surface area contributed by atoms with Crippen molar-refractivity contribution in [1.29, 1.82) is 0 Å². The molecule has 2 aromatic heterocycles. The Labute approximate surface area is 276 Å². The first kappa shape index (κ1) is 34.3. The molecule has 6 aromatic rings. The van der Waals surface area contributed by atoms with Crippen molar-refractivity contribution in [2.45, 2.75) is 25.4 Å². The van der Waals surface area contributed by atoms with E-state index in [1.165, 1.54) is 12.1 Å². The first-order valence-electron chi connectivity index (χ1n) is 13.8. The number of H-pyrrole nitrogens is 2. The summed E-state index contributed by atoms with van der Waals surface area (Å²) in [4.78, 5) is 23.4. The summed E-state index contributed by atoms with van der Waals surface area (Å²) in [5, 5.41) is 19.9. The minimum absolute atomic E-state index is 0.146. The highest BCUT2D eigenvalue weighted by Crippen LogP contribution is 2.31. The van der Waals surface area contributed by atoms with Crippen LogP contribution in [0.15, 0.2) is 94.5 Å². The zero-order chi connectivity index (χ0) is 34.6. The number of aromatic amines is 2. The van der Waals surface area contributed by atoms with Crippen LogP contribution in [0.5, 0.6) is 0 Å². The van der Waals surface area contributed by atoms with E-state index in [0.717, 1.165) is 24.3 Å². The average Bonchev–Trinajstić information content (AvgIpc) is 3.06. The third-order valence-corrected chi connectivity index (χ3v) is 7.56. The lowest BCUT2D eigenvalue weighted by Crippen LogP contribution is -2.09. The molecule has 2 heterocycles. The van der Waals surface area contributed by atoms with E-state index in [1.807, 2.05) is 0 Å². The second kappa shape index (κ2) is 14.0. The van der Waals surface area contributed by atoms with Gasteiger partial charge in [-0.15, -0.1) is 0 Å². The number of nitrogens with one attached hydrogen (secondary N) is 4. The lowest BCUT2D eigenvalue weighted by Gasteiger charge is -2.11. The fourth-order valence-electron chi connectivity index (χ4n) is 4.61. The second-order valence-electron chi connectivity index (χ2n) is 10.3. The molecule has 4 N–H and O–H groups in total. The van der Waals surface area contributed by atoms with Crippen LogP contribution in [-0.2, 0) is 25.4 Å². The van der Waals surface area contributed by atoms with Gasteiger partial charge in [-0.1, -0.05) is 47.5 Å². The summed E-state index contributed by atoms with van der Waals surface area (Å²) in [6.07, 6.45) is -8.75. The lowest BCUT2D eigenvalue weighted by atomic mass is 10.1. The molecule has 0 fully saturated rings. The summed E-state index contributed by atoms with van der Waals surface area (Å²) in [6, 6.07) is 19.9. The highest BCUT2D eigenvalue weighted by molar-refractivity contribution is 6.34. The normalized spacial score (nSPS) is 11.7. The van der Waals surface area contributed by atoms with Crippen molar-refractivity contribution in [1.82, 2.24) is 20.4 Å². The molecule has 0 amide bonds. The SMILES string of the molecule is O=c1[nH]nc(Cl)c2cc(NCc3cccc(C(F)(F)F)c3)ccc12.O=c1[nH]nc(Cl)c2ccc(NCc3cccc(C(F)(F)F)c3)cc12. The molecule has 0 unspecified atom stereocenters. The van der Waals surface area contributed by atoms with Gasteiger partial charge in [0.25, 0.3) is 11.1 Å². The largest absolute Gasteiger partial charge is 0.416 e. The summed E-state index contributed by atoms with van der Waals surface area (Å²) in [5.74, 6) is 0. The van der Waals surface area contributed by atoms with Crippen LogP contribution in [0.25, 0.3) is 21.5 Å². The van der Waals surface area contributed by atoms with Crippen LogP contribution in [0.3, 0.4) is 0 Å². The molecule has 0 atom stereocenters. The Hall–Kier alpha value is -5.08. The second-order valence-corrected chi connectivity index (χ2v) is 11.0. The van der Waals surface area contributed by atoms with Gasteiger partial charge in [0.15, 0.2) is 10.3 Å². The fraction of sp³-hybridized carbons (Fsp3) is 0.125. The number of nitrogens with zero attached hydrogens (tertiary/aromatic N) is 2. The summed E-state index contributed by atoms with van der Waals surface area (Å²) in [5.41, 5.74) is 0.0261. The predicted octanol–water partition coefficient (Wildman–Crippen LogP) is 8.41. The van der Waals surface area contributed by atoms with Crippen LogP contribution in [0.2, 0.25) is 10.3 Å². The van der Waals surface area contributed by atoms with Crippen LogP contribution in [0.1, 0.15) is 22.3 Å². The monoisotopic (exact) mass is 706 g/mol. The molecule has 0 spiro atoms. The van der Waals surface area contributed by atoms with Gasteiger partial charge in [-0.2, -0.15) is 36.5 Å². The Bertz CT molecular complexity index is 2220. The molecule has 6 rings (SSSR count). The molecule has 248 valence electrons. The zero-order valence-electron chi connectivity index (χ0n) is 24.2. The van der Waals surface area contributed by atoms with Crippen molar-refractivity contribution in [3.05, 3.63) is 138 Å². The van der Waals surface area contributed by atoms with Gasteiger partial charge < -0.3 is 10.6 Å². The summed E-state index contributed by atoms with van der Waals surface area (Å²) >= 11 is 11.9. The molecule has 16 heteroatoms. The predicted molar refractivity (Wildman–Crippen MR) is 172 cm³/mol. The number of rotatable bonds is 6. The standard InChI is InChI=1S/2C16H11ClF3N3O/c17-14-13-7-11(4-5-12(13)15(24)23-22-14)21-8-9-2-1-3-10(6-9)16(18,19)20;17-14-12-5-4-11(7-13(12)15(24)23-22-14)21-8-9-2-1-3-10(6-9)16(18,19)20/h2*1-7,21H,8H2,(H,23,24). The number of anilines is 2. The fourth-order valence-corrected chi connectivity index (χ4v) is 5.01. The van der Waals surface area contributed by atoms with Gasteiger partial charge in [-0.05, 0) is 71.8 Å². The molecule has 4 aromatic carbocycles. The van der Waals surface area contributed by atoms with E-state index in [1.54, 1.807) is 48.5 Å². The number of aromatic nitrogens is 4. The number of alkyl halides is 6. The first-order chi connectivity index (χ1) is 22.7. The number of hydrogen-bond donors (Lipinski definition) is 4. The van der Waals surface area contributed by atoms with E-state index in [4.69, 9.17) is 23.2 Å². The number of hydrogen-bond acceptors (Lipinski definition) is 6. The van der Waals surface area contributed by atoms with Crippen molar-refractivity contribution in [3.63, 3.8) is 0 Å². The minimum Gasteiger partial charge on any atom is -0.381 e. The van der Waals surface area contributed by atoms with E-state index in [0.29, 0.717) is 44.0 Å². The molecule has 0 saturated carbocycles. The van der Waals surface area contributed by atoms with E-state index in [-0.39, 0.29) is 29.0 Å². The maximum atomic E-state index is 12.7. The van der Waals surface area contributed by atoms with Crippen LogP contribution in [0, 0.1) is 0 Å². The highest BCUT2D eigenvalue weighted by Gasteiger charge is 2.31. The van der Waals surface area contributed by atoms with Crippen molar-refractivity contribution in [2.24, 2.45) is 0 Å². The van der Waals surface area contributed by atoms with Crippen LogP contribution in [-0.4, -0.2) is 20.4 Å². The molecular formula is C32H22Cl2F6N6O2. The molecule has 48 heavy (non-hydrogen) atoms. The van der Waals surface area contributed by atoms with Crippen LogP contribution >= 0.6 is 23.2 Å². The Morgan fingerprint density at radius 3 is 1.50 bits per heavy atom. The maximum Gasteiger partial charge on any atom is 0.416 e. The number of benzene rings is 4. The van der Waals surface area contributed by atoms with Gasteiger partial charge in [0.05, 0.1) is 21.9 Å². The number of halogens is 8. The smallest absolute Gasteiger partial charge is 0.381 e. The van der Waals surface area contributed by atoms with E-state index in [2.05, 4.69) is 31.0 Å². The summed E-state index contributed by atoms with van der Waals surface area (Å²) in [7, 11) is 0. The van der Waals surface area contributed by atoms with Gasteiger partial charge in [-0.3, -0.25) is 9.59 Å². The Morgan fingerprint density at radius 2 is 1.00 bits per heavy atom. The van der Waals surface area contributed by atoms with E-state index >= 15 is 0 Å². The summed E-state index contributed by atoms with van der Waals surface area (Å²) in [6.45, 7) is 0.385. The molecule has 0 saturated heterocycles. The van der Waals surface area contributed by atoms with E-state index < -0.39 is 29.0 Å². The highest BCUT2D eigenvalue weighted by atomic mass is 35.5. The summed E-state index contributed by atoms with van der Waals surface area (Å²) < 4.78 is 76.3. The van der Waals surface area contributed by atoms with Gasteiger partial charge in [-0.25, -0.2) is 10.2 Å². The van der Waals surface area contributed by atoms with Crippen LogP contribution < -0.4 is 21.8 Å². The van der Waals surface area contributed by atoms with Gasteiger partial charge in [0.1, 0.15) is 0 Å². The third kappa shape index (κ3) is 8.25. The maximum absolute atomic E-state index is 12.7. The minimum atomic E-state index is -4.38. The van der Waals surface area contributed by atoms with Gasteiger partial charge >= 0.3 is 12.4 Å². The first-order valence-corrected chi connectivity index (χ1v) is 14.6. The molecule has 0 radical (unpaired) electrons. The number of fused-ring (bicyclic) bond motifs is 2. The molecule has 0 aliphatic carbocycles. The van der Waals surface area contributed by atoms with Crippen LogP contribution in [0.4, 0.5) is 37.7 Å². The van der Waals surface area contributed by atoms with Crippen molar-refractivity contribution in [3.8, 4) is 0 Å². The Balaban J connectivity index is 0.000000188. The Kier molecular flexibility index (Phi) is 9.96. The molecular weight excluding hydrogens is 685 g/mol. The molecule has 8 nitrogen and oxygen atoms in total. The van der Waals surface area contributed by atoms with E-state index in [9.17, 15) is 35.9 Å². The van der Waals surface area contributed by atoms with Gasteiger partial charge in [0, 0.05) is 35.2 Å². The van der Waals surface area contributed by atoms with Crippen molar-refractivity contribution in [2.75, 3.05) is 10.6 Å².